The van der Waals surface area contributed by atoms with Crippen LogP contribution in [0.25, 0.3) is 0 Å². The van der Waals surface area contributed by atoms with E-state index in [0.29, 0.717) is 12.2 Å². The van der Waals surface area contributed by atoms with E-state index in [-0.39, 0.29) is 24.1 Å². The average molecular weight is 359 g/mol. The van der Waals surface area contributed by atoms with E-state index in [1.807, 2.05) is 13.8 Å². The zero-order valence-corrected chi connectivity index (χ0v) is 15.6. The number of phenolic OH excluding ortho intramolecular Hbond substituents is 1. The molecule has 0 saturated heterocycles. The van der Waals surface area contributed by atoms with Crippen LogP contribution in [0, 0.1) is 13.8 Å². The van der Waals surface area contributed by atoms with Gasteiger partial charge < -0.3 is 19.4 Å². The van der Waals surface area contributed by atoms with Gasteiger partial charge >= 0.3 is 5.97 Å². The van der Waals surface area contributed by atoms with Crippen molar-refractivity contribution in [3.63, 3.8) is 0 Å². The van der Waals surface area contributed by atoms with Crippen LogP contribution in [0.15, 0.2) is 5.16 Å². The Labute approximate surface area is 153 Å². The van der Waals surface area contributed by atoms with Crippen molar-refractivity contribution in [3.05, 3.63) is 22.3 Å². The van der Waals surface area contributed by atoms with Crippen LogP contribution in [-0.2, 0) is 20.8 Å². The molecule has 0 radical (unpaired) electrons. The SMILES string of the molecule is COC(=O)CC1CC(c2c(C)c(O)c(C)c3c2OC2(CCC2)CC3)=NO1. The topological polar surface area (TPSA) is 77.4 Å². The van der Waals surface area contributed by atoms with E-state index in [1.165, 1.54) is 13.5 Å². The molecule has 1 fully saturated rings. The number of nitrogens with zero attached hydrogens (tertiary/aromatic N) is 1. The van der Waals surface area contributed by atoms with E-state index >= 15 is 0 Å². The summed E-state index contributed by atoms with van der Waals surface area (Å²) >= 11 is 0. The molecule has 3 aliphatic rings. The average Bonchev–Trinajstić information content (AvgIpc) is 3.06. The molecule has 1 aromatic rings. The van der Waals surface area contributed by atoms with Gasteiger partial charge in [-0.25, -0.2) is 0 Å². The Balaban J connectivity index is 1.70. The van der Waals surface area contributed by atoms with Crippen LogP contribution in [0.4, 0.5) is 0 Å². The van der Waals surface area contributed by atoms with E-state index in [4.69, 9.17) is 14.3 Å². The van der Waals surface area contributed by atoms with Crippen molar-refractivity contribution in [2.75, 3.05) is 7.11 Å². The molecule has 1 aliphatic carbocycles. The molecule has 0 bridgehead atoms. The smallest absolute Gasteiger partial charge is 0.309 e. The monoisotopic (exact) mass is 359 g/mol. The Morgan fingerprint density at radius 2 is 2.08 bits per heavy atom. The van der Waals surface area contributed by atoms with Crippen molar-refractivity contribution in [3.8, 4) is 11.5 Å². The zero-order chi connectivity index (χ0) is 18.5. The fourth-order valence-electron chi connectivity index (χ4n) is 4.29. The summed E-state index contributed by atoms with van der Waals surface area (Å²) in [4.78, 5) is 17.0. The molecule has 1 unspecified atom stereocenters. The summed E-state index contributed by atoms with van der Waals surface area (Å²) < 4.78 is 11.2. The molecule has 1 saturated carbocycles. The van der Waals surface area contributed by atoms with Crippen LogP contribution in [0.3, 0.4) is 0 Å². The minimum absolute atomic E-state index is 0.0525. The van der Waals surface area contributed by atoms with Gasteiger partial charge in [-0.05, 0) is 51.5 Å². The number of hydrogen-bond acceptors (Lipinski definition) is 6. The van der Waals surface area contributed by atoms with Crippen molar-refractivity contribution in [1.82, 2.24) is 0 Å². The van der Waals surface area contributed by atoms with E-state index in [1.54, 1.807) is 0 Å². The van der Waals surface area contributed by atoms with Gasteiger partial charge in [-0.1, -0.05) is 5.16 Å². The van der Waals surface area contributed by atoms with Gasteiger partial charge in [-0.15, -0.1) is 0 Å². The molecule has 4 rings (SSSR count). The molecule has 0 amide bonds. The molecule has 1 N–H and O–H groups in total. The summed E-state index contributed by atoms with van der Waals surface area (Å²) in [6, 6.07) is 0. The summed E-state index contributed by atoms with van der Waals surface area (Å²) in [6.45, 7) is 3.83. The van der Waals surface area contributed by atoms with Gasteiger partial charge in [0.05, 0.1) is 19.2 Å². The van der Waals surface area contributed by atoms with Gasteiger partial charge in [0.1, 0.15) is 23.2 Å². The lowest BCUT2D eigenvalue weighted by atomic mass is 9.73. The quantitative estimate of drug-likeness (QED) is 0.838. The first kappa shape index (κ1) is 17.2. The first-order valence-corrected chi connectivity index (χ1v) is 9.28. The molecule has 1 atom stereocenters. The second kappa shape index (κ2) is 6.18. The highest BCUT2D eigenvalue weighted by molar-refractivity contribution is 6.06. The molecule has 6 heteroatoms. The van der Waals surface area contributed by atoms with Crippen LogP contribution < -0.4 is 4.74 Å². The van der Waals surface area contributed by atoms with Gasteiger partial charge in [0.15, 0.2) is 0 Å². The first-order valence-electron chi connectivity index (χ1n) is 9.28. The molecule has 0 aromatic heterocycles. The number of methoxy groups -OCH3 is 1. The Bertz CT molecular complexity index is 794. The van der Waals surface area contributed by atoms with Crippen molar-refractivity contribution >= 4 is 11.7 Å². The van der Waals surface area contributed by atoms with Gasteiger partial charge in [0.25, 0.3) is 0 Å². The predicted octanol–water partition coefficient (Wildman–Crippen LogP) is 3.31. The predicted molar refractivity (Wildman–Crippen MR) is 95.8 cm³/mol. The number of hydrogen-bond donors (Lipinski definition) is 1. The number of carbonyl (C=O) groups excluding carboxylic acids is 1. The fraction of sp³-hybridized carbons (Fsp3) is 0.600. The van der Waals surface area contributed by atoms with Gasteiger partial charge in [-0.3, -0.25) is 4.79 Å². The molecule has 2 heterocycles. The molecule has 1 aromatic carbocycles. The Kier molecular flexibility index (Phi) is 4.09. The lowest BCUT2D eigenvalue weighted by molar-refractivity contribution is -0.143. The van der Waals surface area contributed by atoms with Crippen LogP contribution in [0.1, 0.15) is 60.8 Å². The van der Waals surface area contributed by atoms with E-state index in [2.05, 4.69) is 5.16 Å². The molecule has 6 nitrogen and oxygen atoms in total. The van der Waals surface area contributed by atoms with E-state index < -0.39 is 0 Å². The maximum atomic E-state index is 11.5. The summed E-state index contributed by atoms with van der Waals surface area (Å²) in [5.74, 6) is 0.831. The zero-order valence-electron chi connectivity index (χ0n) is 15.6. The number of aromatic hydroxyl groups is 1. The first-order chi connectivity index (χ1) is 12.4. The largest absolute Gasteiger partial charge is 0.507 e. The van der Waals surface area contributed by atoms with Crippen molar-refractivity contribution < 1.29 is 24.2 Å². The standard InChI is InChI=1S/C20H25NO5/c1-11-14-5-8-20(6-4-7-20)25-19(14)17(12(2)18(11)23)15-9-13(26-21-15)10-16(22)24-3/h13,23H,4-10H2,1-3H3. The number of oxime groups is 1. The number of rotatable bonds is 3. The maximum absolute atomic E-state index is 11.5. The number of fused-ring (bicyclic) bond motifs is 1. The van der Waals surface area contributed by atoms with Crippen LogP contribution in [0.2, 0.25) is 0 Å². The second-order valence-corrected chi connectivity index (χ2v) is 7.67. The molecule has 140 valence electrons. The van der Waals surface area contributed by atoms with Crippen LogP contribution >= 0.6 is 0 Å². The normalized spacial score (nSPS) is 22.7. The number of carbonyl (C=O) groups is 1. The summed E-state index contributed by atoms with van der Waals surface area (Å²) in [6.07, 6.45) is 5.59. The van der Waals surface area contributed by atoms with E-state index in [0.717, 1.165) is 59.4 Å². The Hall–Kier alpha value is -2.24. The summed E-state index contributed by atoms with van der Waals surface area (Å²) in [5.41, 5.74) is 4.24. The van der Waals surface area contributed by atoms with Crippen molar-refractivity contribution in [2.45, 2.75) is 70.5 Å². The molecule has 1 spiro atoms. The molecular formula is C20H25NO5. The highest BCUT2D eigenvalue weighted by Gasteiger charge is 2.44. The van der Waals surface area contributed by atoms with Crippen LogP contribution in [0.5, 0.6) is 11.5 Å². The Morgan fingerprint density at radius 3 is 2.73 bits per heavy atom. The number of phenols is 1. The lowest BCUT2D eigenvalue weighted by Crippen LogP contribution is -2.46. The lowest BCUT2D eigenvalue weighted by Gasteiger charge is -2.46. The summed E-state index contributed by atoms with van der Waals surface area (Å²) in [7, 11) is 1.36. The maximum Gasteiger partial charge on any atom is 0.309 e. The summed E-state index contributed by atoms with van der Waals surface area (Å²) in [5, 5.41) is 14.9. The minimum Gasteiger partial charge on any atom is -0.507 e. The number of esters is 1. The third-order valence-electron chi connectivity index (χ3n) is 6.10. The molecule has 26 heavy (non-hydrogen) atoms. The number of benzene rings is 1. The highest BCUT2D eigenvalue weighted by atomic mass is 16.6. The van der Waals surface area contributed by atoms with Crippen LogP contribution in [-0.4, -0.2) is 35.6 Å². The third-order valence-corrected chi connectivity index (χ3v) is 6.10. The second-order valence-electron chi connectivity index (χ2n) is 7.67. The van der Waals surface area contributed by atoms with Gasteiger partial charge in [-0.2, -0.15) is 0 Å². The van der Waals surface area contributed by atoms with Gasteiger partial charge in [0, 0.05) is 23.1 Å². The highest BCUT2D eigenvalue weighted by Crippen LogP contribution is 2.50. The van der Waals surface area contributed by atoms with E-state index in [9.17, 15) is 9.90 Å². The molecule has 2 aliphatic heterocycles. The van der Waals surface area contributed by atoms with Gasteiger partial charge in [0.2, 0.25) is 0 Å². The van der Waals surface area contributed by atoms with Crippen molar-refractivity contribution in [2.24, 2.45) is 5.16 Å². The number of ether oxygens (including phenoxy) is 2. The minimum atomic E-state index is -0.336. The molecular weight excluding hydrogens is 334 g/mol. The third kappa shape index (κ3) is 2.63. The Morgan fingerprint density at radius 1 is 1.31 bits per heavy atom. The van der Waals surface area contributed by atoms with Crippen molar-refractivity contribution in [1.29, 1.82) is 0 Å². The fourth-order valence-corrected chi connectivity index (χ4v) is 4.29.